The maximum Gasteiger partial charge on any atom is 0.0484 e. The normalized spacial score (nSPS) is 17.2. The largest absolute Gasteiger partial charge is 0.329 e. The standard InChI is InChI=1S/C15H22BrClN2/c1-10(2)9-19(12-4-5-12)15(8-18)13-6-3-11(17)7-14(13)16/h3,6-7,10,12,15H,4-5,8-9,18H2,1-2H3. The van der Waals surface area contributed by atoms with Crippen LogP contribution in [0.4, 0.5) is 0 Å². The third kappa shape index (κ3) is 3.94. The smallest absolute Gasteiger partial charge is 0.0484 e. The van der Waals surface area contributed by atoms with Crippen molar-refractivity contribution in [3.8, 4) is 0 Å². The monoisotopic (exact) mass is 344 g/mol. The maximum atomic E-state index is 6.06. The molecule has 1 atom stereocenters. The maximum absolute atomic E-state index is 6.06. The Morgan fingerprint density at radius 2 is 2.11 bits per heavy atom. The van der Waals surface area contributed by atoms with E-state index >= 15 is 0 Å². The van der Waals surface area contributed by atoms with Gasteiger partial charge < -0.3 is 5.73 Å². The van der Waals surface area contributed by atoms with Crippen molar-refractivity contribution >= 4 is 27.5 Å². The van der Waals surface area contributed by atoms with E-state index in [1.807, 2.05) is 12.1 Å². The first-order chi connectivity index (χ1) is 9.02. The Labute approximate surface area is 129 Å². The van der Waals surface area contributed by atoms with Gasteiger partial charge in [0.05, 0.1) is 0 Å². The van der Waals surface area contributed by atoms with Crippen molar-refractivity contribution in [1.29, 1.82) is 0 Å². The predicted molar refractivity (Wildman–Crippen MR) is 85.5 cm³/mol. The Balaban J connectivity index is 2.25. The van der Waals surface area contributed by atoms with Crippen molar-refractivity contribution in [2.24, 2.45) is 11.7 Å². The van der Waals surface area contributed by atoms with Gasteiger partial charge in [-0.1, -0.05) is 47.4 Å². The molecule has 19 heavy (non-hydrogen) atoms. The molecule has 106 valence electrons. The molecule has 0 aliphatic heterocycles. The average molecular weight is 346 g/mol. The van der Waals surface area contributed by atoms with Gasteiger partial charge in [0, 0.05) is 34.7 Å². The summed E-state index contributed by atoms with van der Waals surface area (Å²) in [5.74, 6) is 0.653. The van der Waals surface area contributed by atoms with Gasteiger partial charge in [0.15, 0.2) is 0 Å². The lowest BCUT2D eigenvalue weighted by Gasteiger charge is -2.33. The summed E-state index contributed by atoms with van der Waals surface area (Å²) in [7, 11) is 0. The lowest BCUT2D eigenvalue weighted by molar-refractivity contribution is 0.169. The van der Waals surface area contributed by atoms with E-state index < -0.39 is 0 Å². The van der Waals surface area contributed by atoms with Gasteiger partial charge in [0.2, 0.25) is 0 Å². The van der Waals surface area contributed by atoms with Crippen molar-refractivity contribution in [3.63, 3.8) is 0 Å². The van der Waals surface area contributed by atoms with Gasteiger partial charge >= 0.3 is 0 Å². The molecule has 1 aromatic rings. The third-order valence-electron chi connectivity index (χ3n) is 3.54. The molecule has 1 saturated carbocycles. The predicted octanol–water partition coefficient (Wildman–Crippen LogP) is 4.22. The van der Waals surface area contributed by atoms with E-state index in [1.165, 1.54) is 18.4 Å². The van der Waals surface area contributed by atoms with Crippen LogP contribution in [0.1, 0.15) is 38.3 Å². The van der Waals surface area contributed by atoms with E-state index in [0.29, 0.717) is 18.5 Å². The first-order valence-corrected chi connectivity index (χ1v) is 8.10. The Bertz CT molecular complexity index is 432. The molecule has 0 radical (unpaired) electrons. The molecule has 4 heteroatoms. The van der Waals surface area contributed by atoms with Gasteiger partial charge in [-0.2, -0.15) is 0 Å². The summed E-state index contributed by atoms with van der Waals surface area (Å²) in [6.07, 6.45) is 2.60. The van der Waals surface area contributed by atoms with Crippen LogP contribution >= 0.6 is 27.5 Å². The van der Waals surface area contributed by atoms with Crippen molar-refractivity contribution in [3.05, 3.63) is 33.3 Å². The third-order valence-corrected chi connectivity index (χ3v) is 4.46. The molecule has 2 rings (SSSR count). The minimum Gasteiger partial charge on any atom is -0.329 e. The first kappa shape index (κ1) is 15.3. The quantitative estimate of drug-likeness (QED) is 0.836. The number of rotatable bonds is 6. The molecular formula is C15H22BrClN2. The zero-order chi connectivity index (χ0) is 14.0. The minimum absolute atomic E-state index is 0.279. The number of nitrogens with zero attached hydrogens (tertiary/aromatic N) is 1. The number of nitrogens with two attached hydrogens (primary N) is 1. The molecule has 0 amide bonds. The van der Waals surface area contributed by atoms with Crippen molar-refractivity contribution in [2.45, 2.75) is 38.8 Å². The van der Waals surface area contributed by atoms with E-state index in [0.717, 1.165) is 16.0 Å². The van der Waals surface area contributed by atoms with Gasteiger partial charge in [-0.3, -0.25) is 4.90 Å². The number of benzene rings is 1. The molecule has 0 heterocycles. The number of hydrogen-bond acceptors (Lipinski definition) is 2. The number of halogens is 2. The summed E-state index contributed by atoms with van der Waals surface area (Å²) >= 11 is 9.65. The summed E-state index contributed by atoms with van der Waals surface area (Å²) < 4.78 is 1.06. The van der Waals surface area contributed by atoms with Crippen LogP contribution in [0.25, 0.3) is 0 Å². The number of hydrogen-bond donors (Lipinski definition) is 1. The molecule has 0 saturated heterocycles. The van der Waals surface area contributed by atoms with Crippen LogP contribution < -0.4 is 5.73 Å². The van der Waals surface area contributed by atoms with Crippen molar-refractivity contribution in [2.75, 3.05) is 13.1 Å². The second kappa shape index (κ2) is 6.57. The van der Waals surface area contributed by atoms with Crippen LogP contribution in [-0.2, 0) is 0 Å². The fourth-order valence-electron chi connectivity index (χ4n) is 2.57. The van der Waals surface area contributed by atoms with Crippen molar-refractivity contribution < 1.29 is 0 Å². The Hall–Kier alpha value is -0.0900. The molecule has 0 bridgehead atoms. The first-order valence-electron chi connectivity index (χ1n) is 6.93. The van der Waals surface area contributed by atoms with Gasteiger partial charge in [-0.05, 0) is 36.5 Å². The molecule has 0 spiro atoms. The van der Waals surface area contributed by atoms with Gasteiger partial charge in [-0.15, -0.1) is 0 Å². The van der Waals surface area contributed by atoms with Crippen LogP contribution in [0.5, 0.6) is 0 Å². The molecule has 1 unspecified atom stereocenters. The Morgan fingerprint density at radius 1 is 1.42 bits per heavy atom. The van der Waals surface area contributed by atoms with Gasteiger partial charge in [-0.25, -0.2) is 0 Å². The zero-order valence-corrected chi connectivity index (χ0v) is 13.9. The van der Waals surface area contributed by atoms with Crippen LogP contribution in [0.3, 0.4) is 0 Å². The van der Waals surface area contributed by atoms with E-state index in [4.69, 9.17) is 17.3 Å². The molecule has 1 fully saturated rings. The summed E-state index contributed by atoms with van der Waals surface area (Å²) in [4.78, 5) is 2.57. The topological polar surface area (TPSA) is 29.3 Å². The summed E-state index contributed by atoms with van der Waals surface area (Å²) in [5, 5.41) is 0.758. The minimum atomic E-state index is 0.279. The highest BCUT2D eigenvalue weighted by molar-refractivity contribution is 9.10. The second-order valence-corrected chi connectivity index (χ2v) is 7.03. The van der Waals surface area contributed by atoms with Crippen LogP contribution in [0.15, 0.2) is 22.7 Å². The molecule has 1 aliphatic rings. The molecule has 0 aromatic heterocycles. The fraction of sp³-hybridized carbons (Fsp3) is 0.600. The van der Waals surface area contributed by atoms with Crippen molar-refractivity contribution in [1.82, 2.24) is 4.90 Å². The van der Waals surface area contributed by atoms with Gasteiger partial charge in [0.25, 0.3) is 0 Å². The summed E-state index contributed by atoms with van der Waals surface area (Å²) in [6, 6.07) is 6.99. The highest BCUT2D eigenvalue weighted by Crippen LogP contribution is 2.37. The summed E-state index contributed by atoms with van der Waals surface area (Å²) in [6.45, 7) is 6.27. The van der Waals surface area contributed by atoms with Crippen LogP contribution in [-0.4, -0.2) is 24.0 Å². The van der Waals surface area contributed by atoms with Crippen LogP contribution in [0.2, 0.25) is 5.02 Å². The lowest BCUT2D eigenvalue weighted by atomic mass is 10.0. The molecule has 2 nitrogen and oxygen atoms in total. The highest BCUT2D eigenvalue weighted by atomic mass is 79.9. The highest BCUT2D eigenvalue weighted by Gasteiger charge is 2.34. The second-order valence-electron chi connectivity index (χ2n) is 5.74. The Morgan fingerprint density at radius 3 is 2.58 bits per heavy atom. The molecule has 2 N–H and O–H groups in total. The molecular weight excluding hydrogens is 324 g/mol. The van der Waals surface area contributed by atoms with E-state index in [2.05, 4.69) is 40.7 Å². The zero-order valence-electron chi connectivity index (χ0n) is 11.6. The Kier molecular flexibility index (Phi) is 5.29. The average Bonchev–Trinajstić information content (AvgIpc) is 3.14. The SMILES string of the molecule is CC(C)CN(C1CC1)C(CN)c1ccc(Cl)cc1Br. The van der Waals surface area contributed by atoms with E-state index in [-0.39, 0.29) is 6.04 Å². The fourth-order valence-corrected chi connectivity index (χ4v) is 3.52. The van der Waals surface area contributed by atoms with E-state index in [1.54, 1.807) is 0 Å². The lowest BCUT2D eigenvalue weighted by Crippen LogP contribution is -2.38. The van der Waals surface area contributed by atoms with E-state index in [9.17, 15) is 0 Å². The molecule has 1 aliphatic carbocycles. The van der Waals surface area contributed by atoms with Crippen LogP contribution in [0, 0.1) is 5.92 Å². The summed E-state index contributed by atoms with van der Waals surface area (Å²) in [5.41, 5.74) is 7.31. The molecule has 1 aromatic carbocycles. The van der Waals surface area contributed by atoms with Gasteiger partial charge in [0.1, 0.15) is 0 Å².